The van der Waals surface area contributed by atoms with Crippen molar-refractivity contribution in [2.45, 2.75) is 19.4 Å². The zero-order valence-corrected chi connectivity index (χ0v) is 11.5. The Balaban J connectivity index is 0.000000232. The summed E-state index contributed by atoms with van der Waals surface area (Å²) in [5.41, 5.74) is 1.40. The van der Waals surface area contributed by atoms with Crippen LogP contribution in [0, 0.1) is 17.6 Å². The highest BCUT2D eigenvalue weighted by Gasteiger charge is 2.54. The first-order valence-electron chi connectivity index (χ1n) is 6.60. The first-order valence-corrected chi connectivity index (χ1v) is 6.60. The first-order chi connectivity index (χ1) is 10.2. The molecule has 2 N–H and O–H groups in total. The standard InChI is InChI=1S/C13H15NO.C2H2O4/c15-12-9-14(10-13(12)6-7-13)8-11-4-2-1-3-5-11;3-5-1-2-6-4/h1-5H,6-10H2;3-4H. The van der Waals surface area contributed by atoms with E-state index in [4.69, 9.17) is 10.5 Å². The average molecular weight is 291 g/mol. The molecule has 1 saturated heterocycles. The summed E-state index contributed by atoms with van der Waals surface area (Å²) in [6.45, 7) is 2.57. The lowest BCUT2D eigenvalue weighted by Crippen LogP contribution is -2.20. The summed E-state index contributed by atoms with van der Waals surface area (Å²) in [7, 11) is 0. The van der Waals surface area contributed by atoms with E-state index >= 15 is 0 Å². The topological polar surface area (TPSA) is 79.2 Å². The van der Waals surface area contributed by atoms with Crippen LogP contribution < -0.4 is 0 Å². The van der Waals surface area contributed by atoms with Gasteiger partial charge in [0.15, 0.2) is 5.78 Å². The predicted octanol–water partition coefficient (Wildman–Crippen LogP) is 1.74. The van der Waals surface area contributed by atoms with Crippen LogP contribution in [0.4, 0.5) is 0 Å². The maximum absolute atomic E-state index is 11.7. The van der Waals surface area contributed by atoms with Gasteiger partial charge in [0, 0.05) is 18.5 Å². The fourth-order valence-electron chi connectivity index (χ4n) is 2.52. The highest BCUT2D eigenvalue weighted by Crippen LogP contribution is 2.50. The molecule has 1 aliphatic carbocycles. The molecular formula is C15H17NO5. The van der Waals surface area contributed by atoms with Crippen molar-refractivity contribution >= 4 is 5.78 Å². The van der Waals surface area contributed by atoms with Crippen LogP contribution in [0.25, 0.3) is 0 Å². The van der Waals surface area contributed by atoms with Gasteiger partial charge in [-0.1, -0.05) is 30.3 Å². The van der Waals surface area contributed by atoms with Crippen molar-refractivity contribution in [3.8, 4) is 12.2 Å². The molecule has 21 heavy (non-hydrogen) atoms. The summed E-state index contributed by atoms with van der Waals surface area (Å²) >= 11 is 0. The van der Waals surface area contributed by atoms with E-state index in [1.165, 1.54) is 17.8 Å². The number of Topliss-reactive ketones (excluding diaryl/α,β-unsaturated/α-hetero) is 1. The SMILES string of the molecule is O=C1CN(Cc2ccccc2)CC12CC2.OOC#COO. The van der Waals surface area contributed by atoms with E-state index in [2.05, 4.69) is 38.9 Å². The highest BCUT2D eigenvalue weighted by atomic mass is 17.1. The van der Waals surface area contributed by atoms with E-state index in [1.807, 2.05) is 6.07 Å². The Hall–Kier alpha value is -2.07. The van der Waals surface area contributed by atoms with E-state index in [1.54, 1.807) is 0 Å². The number of ketones is 1. The maximum atomic E-state index is 11.7. The third-order valence-corrected chi connectivity index (χ3v) is 3.72. The number of benzene rings is 1. The Morgan fingerprint density at radius 3 is 2.24 bits per heavy atom. The molecular weight excluding hydrogens is 274 g/mol. The quantitative estimate of drug-likeness (QED) is 0.491. The molecule has 0 radical (unpaired) electrons. The summed E-state index contributed by atoms with van der Waals surface area (Å²) in [6, 6.07) is 10.4. The van der Waals surface area contributed by atoms with Crippen molar-refractivity contribution in [1.29, 1.82) is 0 Å². The van der Waals surface area contributed by atoms with Crippen molar-refractivity contribution in [3.05, 3.63) is 35.9 Å². The summed E-state index contributed by atoms with van der Waals surface area (Å²) in [5.74, 6) is 0.471. The molecule has 0 atom stereocenters. The Kier molecular flexibility index (Phi) is 5.17. The third kappa shape index (κ3) is 4.20. The van der Waals surface area contributed by atoms with E-state index < -0.39 is 0 Å². The highest BCUT2D eigenvalue weighted by molar-refractivity contribution is 5.91. The van der Waals surface area contributed by atoms with Crippen LogP contribution in [-0.4, -0.2) is 34.3 Å². The van der Waals surface area contributed by atoms with Gasteiger partial charge in [-0.3, -0.25) is 19.5 Å². The van der Waals surface area contributed by atoms with Gasteiger partial charge in [-0.25, -0.2) is 0 Å². The molecule has 112 valence electrons. The molecule has 1 heterocycles. The lowest BCUT2D eigenvalue weighted by atomic mass is 10.1. The molecule has 0 amide bonds. The van der Waals surface area contributed by atoms with Crippen molar-refractivity contribution in [2.75, 3.05) is 13.1 Å². The van der Waals surface area contributed by atoms with Gasteiger partial charge in [0.05, 0.1) is 6.54 Å². The lowest BCUT2D eigenvalue weighted by molar-refractivity contribution is -0.188. The van der Waals surface area contributed by atoms with Crippen LogP contribution in [-0.2, 0) is 21.1 Å². The first kappa shape index (κ1) is 15.3. The number of hydrogen-bond donors (Lipinski definition) is 2. The number of carbonyl (C=O) groups is 1. The van der Waals surface area contributed by atoms with Gasteiger partial charge in [0.1, 0.15) is 0 Å². The van der Waals surface area contributed by atoms with Gasteiger partial charge in [0.25, 0.3) is 0 Å². The summed E-state index contributed by atoms with van der Waals surface area (Å²) in [4.78, 5) is 20.3. The number of hydrogen-bond acceptors (Lipinski definition) is 6. The molecule has 1 aromatic rings. The molecule has 6 heteroatoms. The average Bonchev–Trinajstić information content (AvgIpc) is 3.21. The van der Waals surface area contributed by atoms with Crippen molar-refractivity contribution in [1.82, 2.24) is 4.90 Å². The molecule has 0 aromatic heterocycles. The Labute approximate surface area is 122 Å². The van der Waals surface area contributed by atoms with E-state index in [0.717, 1.165) is 25.9 Å². The second-order valence-corrected chi connectivity index (χ2v) is 5.22. The molecule has 0 unspecified atom stereocenters. The Bertz CT molecular complexity index is 522. The largest absolute Gasteiger partial charge is 0.298 e. The maximum Gasteiger partial charge on any atom is 0.204 e. The van der Waals surface area contributed by atoms with Gasteiger partial charge >= 0.3 is 0 Å². The van der Waals surface area contributed by atoms with Crippen LogP contribution in [0.1, 0.15) is 18.4 Å². The van der Waals surface area contributed by atoms with Gasteiger partial charge in [-0.05, 0) is 18.4 Å². The summed E-state index contributed by atoms with van der Waals surface area (Å²) < 4.78 is 0. The van der Waals surface area contributed by atoms with Gasteiger partial charge in [0.2, 0.25) is 12.2 Å². The van der Waals surface area contributed by atoms with Crippen molar-refractivity contribution in [2.24, 2.45) is 5.41 Å². The van der Waals surface area contributed by atoms with E-state index in [0.29, 0.717) is 12.3 Å². The monoisotopic (exact) mass is 291 g/mol. The fraction of sp³-hybridized carbons (Fsp3) is 0.400. The zero-order chi connectivity index (χ0) is 15.1. The number of likely N-dealkylation sites (tertiary alicyclic amines) is 1. The van der Waals surface area contributed by atoms with Crippen molar-refractivity contribution in [3.63, 3.8) is 0 Å². The van der Waals surface area contributed by atoms with Gasteiger partial charge < -0.3 is 0 Å². The molecule has 1 saturated carbocycles. The second-order valence-electron chi connectivity index (χ2n) is 5.22. The van der Waals surface area contributed by atoms with Crippen LogP contribution in [0.2, 0.25) is 0 Å². The molecule has 3 rings (SSSR count). The molecule has 1 aliphatic heterocycles. The minimum Gasteiger partial charge on any atom is -0.298 e. The number of carbonyl (C=O) groups excluding carboxylic acids is 1. The summed E-state index contributed by atoms with van der Waals surface area (Å²) in [6.07, 6.45) is 5.31. The molecule has 1 spiro atoms. The molecule has 0 bridgehead atoms. The second kappa shape index (κ2) is 7.09. The number of rotatable bonds is 2. The minimum atomic E-state index is 0.0920. The van der Waals surface area contributed by atoms with Crippen LogP contribution >= 0.6 is 0 Å². The predicted molar refractivity (Wildman–Crippen MR) is 73.6 cm³/mol. The van der Waals surface area contributed by atoms with Crippen molar-refractivity contribution < 1.29 is 25.1 Å². The third-order valence-electron chi connectivity index (χ3n) is 3.72. The minimum absolute atomic E-state index is 0.0920. The normalized spacial score (nSPS) is 18.3. The Morgan fingerprint density at radius 1 is 1.14 bits per heavy atom. The van der Waals surface area contributed by atoms with Gasteiger partial charge in [-0.15, -0.1) is 0 Å². The fourth-order valence-corrected chi connectivity index (χ4v) is 2.52. The van der Waals surface area contributed by atoms with Crippen LogP contribution in [0.5, 0.6) is 0 Å². The smallest absolute Gasteiger partial charge is 0.204 e. The van der Waals surface area contributed by atoms with E-state index in [9.17, 15) is 4.79 Å². The molecule has 6 nitrogen and oxygen atoms in total. The molecule has 2 aliphatic rings. The van der Waals surface area contributed by atoms with E-state index in [-0.39, 0.29) is 5.41 Å². The lowest BCUT2D eigenvalue weighted by Gasteiger charge is -2.14. The van der Waals surface area contributed by atoms with Crippen LogP contribution in [0.15, 0.2) is 30.3 Å². The van der Waals surface area contributed by atoms with Gasteiger partial charge in [-0.2, -0.15) is 10.5 Å². The van der Waals surface area contributed by atoms with Crippen LogP contribution in [0.3, 0.4) is 0 Å². The molecule has 1 aromatic carbocycles. The summed E-state index contributed by atoms with van der Waals surface area (Å²) in [5, 5.41) is 14.7. The zero-order valence-electron chi connectivity index (χ0n) is 11.5. The molecule has 2 fully saturated rings. The number of nitrogens with zero attached hydrogens (tertiary/aromatic N) is 1. The Morgan fingerprint density at radius 2 is 1.76 bits per heavy atom.